The van der Waals surface area contributed by atoms with Crippen molar-refractivity contribution in [3.63, 3.8) is 0 Å². The highest BCUT2D eigenvalue weighted by atomic mass is 32.2. The van der Waals surface area contributed by atoms with Gasteiger partial charge < -0.3 is 4.74 Å². The Morgan fingerprint density at radius 1 is 1.46 bits per heavy atom. The van der Waals surface area contributed by atoms with E-state index in [1.165, 1.54) is 19.2 Å². The summed E-state index contributed by atoms with van der Waals surface area (Å²) in [7, 11) is -3.62. The Balaban J connectivity index is 2.41. The molecule has 0 bridgehead atoms. The number of anilines is 1. The average Bonchev–Trinajstić information content (AvgIpc) is 3.26. The first-order chi connectivity index (χ1) is 11.0. The predicted octanol–water partition coefficient (Wildman–Crippen LogP) is 2.78. The molecule has 1 heterocycles. The summed E-state index contributed by atoms with van der Waals surface area (Å²) in [4.78, 5) is 15.9. The first-order valence-corrected chi connectivity index (χ1v) is 9.33. The fourth-order valence-corrected chi connectivity index (χ4v) is 3.20. The Hall–Kier alpha value is -2.14. The molecule has 0 atom stereocenters. The van der Waals surface area contributed by atoms with Gasteiger partial charge in [0.25, 0.3) is 0 Å². The van der Waals surface area contributed by atoms with E-state index in [1.54, 1.807) is 20.8 Å². The number of ether oxygens (including phenoxy) is 1. The van der Waals surface area contributed by atoms with Crippen LogP contribution in [0.1, 0.15) is 46.1 Å². The first-order valence-electron chi connectivity index (χ1n) is 7.67. The van der Waals surface area contributed by atoms with Gasteiger partial charge in [0, 0.05) is 6.20 Å². The molecule has 0 saturated heterocycles. The van der Waals surface area contributed by atoms with Gasteiger partial charge in [-0.05, 0) is 45.2 Å². The molecule has 0 aromatic carbocycles. The van der Waals surface area contributed by atoms with E-state index in [0.29, 0.717) is 18.4 Å². The lowest BCUT2D eigenvalue weighted by atomic mass is 10.00. The highest BCUT2D eigenvalue weighted by molar-refractivity contribution is 7.91. The Bertz CT molecular complexity index is 800. The number of carbonyl (C=O) groups is 1. The van der Waals surface area contributed by atoms with Crippen LogP contribution in [-0.2, 0) is 20.0 Å². The molecule has 0 unspecified atom stereocenters. The number of aromatic nitrogens is 1. The zero-order valence-electron chi connectivity index (χ0n) is 14.2. The average molecular weight is 351 g/mol. The molecule has 1 aliphatic carbocycles. The van der Waals surface area contributed by atoms with Crippen LogP contribution in [-0.4, -0.2) is 30.8 Å². The number of carbonyl (C=O) groups excluding carboxylic acids is 1. The van der Waals surface area contributed by atoms with Crippen LogP contribution in [0.15, 0.2) is 17.2 Å². The minimum absolute atomic E-state index is 0.0800. The molecule has 1 fully saturated rings. The molecule has 24 heavy (non-hydrogen) atoms. The van der Waals surface area contributed by atoms with Crippen LogP contribution in [0.5, 0.6) is 0 Å². The first kappa shape index (κ1) is 18.2. The Labute approximate surface area is 142 Å². The van der Waals surface area contributed by atoms with E-state index in [2.05, 4.69) is 16.4 Å². The molecule has 7 nitrogen and oxygen atoms in total. The zero-order chi connectivity index (χ0) is 18.2. The van der Waals surface area contributed by atoms with Crippen molar-refractivity contribution < 1.29 is 17.9 Å². The maximum absolute atomic E-state index is 12.4. The Kier molecular flexibility index (Phi) is 4.59. The van der Waals surface area contributed by atoms with Gasteiger partial charge in [0.2, 0.25) is 0 Å². The van der Waals surface area contributed by atoms with E-state index in [4.69, 9.17) is 4.74 Å². The second-order valence-electron chi connectivity index (χ2n) is 6.79. The van der Waals surface area contributed by atoms with Crippen molar-refractivity contribution in [3.8, 4) is 6.07 Å². The van der Waals surface area contributed by atoms with Crippen molar-refractivity contribution in [3.05, 3.63) is 17.8 Å². The van der Waals surface area contributed by atoms with E-state index >= 15 is 0 Å². The third kappa shape index (κ3) is 3.85. The lowest BCUT2D eigenvalue weighted by Crippen LogP contribution is -2.28. The van der Waals surface area contributed by atoms with E-state index < -0.39 is 26.9 Å². The van der Waals surface area contributed by atoms with Gasteiger partial charge in [-0.3, -0.25) is 5.32 Å². The molecule has 1 N–H and O–H groups in total. The number of hydrogen-bond donors (Lipinski definition) is 1. The molecular weight excluding hydrogens is 330 g/mol. The molecule has 0 spiro atoms. The van der Waals surface area contributed by atoms with Crippen molar-refractivity contribution in [1.29, 1.82) is 5.26 Å². The minimum atomic E-state index is -3.62. The quantitative estimate of drug-likeness (QED) is 0.893. The van der Waals surface area contributed by atoms with Gasteiger partial charge in [0.05, 0.1) is 17.2 Å². The second kappa shape index (κ2) is 6.06. The van der Waals surface area contributed by atoms with Crippen molar-refractivity contribution in [2.75, 3.05) is 11.1 Å². The largest absolute Gasteiger partial charge is 0.444 e. The molecule has 1 saturated carbocycles. The monoisotopic (exact) mass is 351 g/mol. The molecule has 2 rings (SSSR count). The molecule has 0 radical (unpaired) electrons. The molecular formula is C16H21N3O4S. The van der Waals surface area contributed by atoms with Gasteiger partial charge in [-0.25, -0.2) is 18.2 Å². The third-order valence-electron chi connectivity index (χ3n) is 3.70. The molecule has 1 amide bonds. The Morgan fingerprint density at radius 3 is 2.54 bits per heavy atom. The van der Waals surface area contributed by atoms with Crippen molar-refractivity contribution in [2.24, 2.45) is 0 Å². The number of nitrogens with one attached hydrogen (secondary N) is 1. The van der Waals surface area contributed by atoms with Crippen LogP contribution < -0.4 is 5.32 Å². The number of nitrogens with zero attached hydrogens (tertiary/aromatic N) is 2. The molecule has 1 aliphatic rings. The molecule has 0 aliphatic heterocycles. The summed E-state index contributed by atoms with van der Waals surface area (Å²) in [6, 6.07) is 3.65. The number of amides is 1. The lowest BCUT2D eigenvalue weighted by molar-refractivity contribution is 0.0635. The van der Waals surface area contributed by atoms with Gasteiger partial charge in [-0.2, -0.15) is 5.26 Å². The number of hydrogen-bond acceptors (Lipinski definition) is 6. The highest BCUT2D eigenvalue weighted by Gasteiger charge is 2.46. The number of rotatable bonds is 4. The number of sulfone groups is 1. The fraction of sp³-hybridized carbons (Fsp3) is 0.562. The fourth-order valence-electron chi connectivity index (χ4n) is 2.18. The summed E-state index contributed by atoms with van der Waals surface area (Å²) in [5.41, 5.74) is -0.811. The van der Waals surface area contributed by atoms with E-state index in [0.717, 1.165) is 0 Å². The van der Waals surface area contributed by atoms with E-state index in [9.17, 15) is 18.5 Å². The second-order valence-corrected chi connectivity index (χ2v) is 9.04. The molecule has 1 aromatic rings. The molecule has 130 valence electrons. The molecule has 8 heteroatoms. The van der Waals surface area contributed by atoms with Gasteiger partial charge in [0.15, 0.2) is 15.7 Å². The van der Waals surface area contributed by atoms with Gasteiger partial charge in [-0.1, -0.05) is 6.92 Å². The van der Waals surface area contributed by atoms with Gasteiger partial charge in [0.1, 0.15) is 10.5 Å². The maximum Gasteiger partial charge on any atom is 0.413 e. The zero-order valence-corrected chi connectivity index (χ0v) is 15.0. The highest BCUT2D eigenvalue weighted by Crippen LogP contribution is 2.48. The normalized spacial score (nSPS) is 16.1. The maximum atomic E-state index is 12.4. The summed E-state index contributed by atoms with van der Waals surface area (Å²) >= 11 is 0. The summed E-state index contributed by atoms with van der Waals surface area (Å²) < 4.78 is 29.9. The van der Waals surface area contributed by atoms with Crippen molar-refractivity contribution in [1.82, 2.24) is 4.98 Å². The van der Waals surface area contributed by atoms with Crippen LogP contribution in [0.25, 0.3) is 0 Å². The van der Waals surface area contributed by atoms with Crippen LogP contribution in [0, 0.1) is 11.3 Å². The summed E-state index contributed by atoms with van der Waals surface area (Å²) in [6.07, 6.45) is 2.01. The number of nitriles is 1. The van der Waals surface area contributed by atoms with E-state index in [-0.39, 0.29) is 16.5 Å². The summed E-state index contributed by atoms with van der Waals surface area (Å²) in [5, 5.41) is 11.7. The summed E-state index contributed by atoms with van der Waals surface area (Å²) in [6.45, 7) is 6.63. The SMILES string of the molecule is CCS(=O)(=O)c1cc(C2(C#N)CC2)cnc1NC(=O)OC(C)(C)C. The van der Waals surface area contributed by atoms with Crippen LogP contribution in [0.4, 0.5) is 10.6 Å². The van der Waals surface area contributed by atoms with Gasteiger partial charge >= 0.3 is 6.09 Å². The third-order valence-corrected chi connectivity index (χ3v) is 5.45. The number of pyridine rings is 1. The van der Waals surface area contributed by atoms with Crippen LogP contribution in [0.3, 0.4) is 0 Å². The van der Waals surface area contributed by atoms with E-state index in [1.807, 2.05) is 0 Å². The minimum Gasteiger partial charge on any atom is -0.444 e. The standard InChI is InChI=1S/C16H21N3O4S/c1-5-24(21,22)12-8-11(16(10-17)6-7-16)9-18-13(12)19-14(20)23-15(2,3)4/h8-9H,5-7H2,1-4H3,(H,18,19,20). The van der Waals surface area contributed by atoms with Crippen molar-refractivity contribution >= 4 is 21.7 Å². The summed E-state index contributed by atoms with van der Waals surface area (Å²) in [5.74, 6) is -0.218. The van der Waals surface area contributed by atoms with Crippen LogP contribution >= 0.6 is 0 Å². The van der Waals surface area contributed by atoms with Crippen LogP contribution in [0.2, 0.25) is 0 Å². The van der Waals surface area contributed by atoms with Gasteiger partial charge in [-0.15, -0.1) is 0 Å². The predicted molar refractivity (Wildman–Crippen MR) is 88.3 cm³/mol. The topological polar surface area (TPSA) is 109 Å². The molecule has 1 aromatic heterocycles. The lowest BCUT2D eigenvalue weighted by Gasteiger charge is -2.20. The van der Waals surface area contributed by atoms with Crippen molar-refractivity contribution in [2.45, 2.75) is 56.4 Å². The Morgan fingerprint density at radius 2 is 2.08 bits per heavy atom. The smallest absolute Gasteiger partial charge is 0.413 e.